The molecule has 0 aromatic heterocycles. The smallest absolute Gasteiger partial charge is 0.191 e. The fraction of sp³-hybridized carbons (Fsp3) is 0.588. The van der Waals surface area contributed by atoms with Crippen molar-refractivity contribution in [3.05, 3.63) is 29.8 Å². The van der Waals surface area contributed by atoms with E-state index in [1.54, 1.807) is 14.2 Å². The van der Waals surface area contributed by atoms with E-state index in [-0.39, 0.29) is 24.0 Å². The van der Waals surface area contributed by atoms with Gasteiger partial charge >= 0.3 is 0 Å². The first kappa shape index (κ1) is 22.0. The highest BCUT2D eigenvalue weighted by atomic mass is 127. The van der Waals surface area contributed by atoms with Gasteiger partial charge in [0.15, 0.2) is 5.96 Å². The van der Waals surface area contributed by atoms with E-state index in [1.807, 2.05) is 12.1 Å². The predicted octanol–water partition coefficient (Wildman–Crippen LogP) is 2.36. The SMILES string of the molecule is CN=C(NCCc1ccc(OC)cc1)NCCN(C)C(C)C.I. The number of hydrogen-bond donors (Lipinski definition) is 2. The number of methoxy groups -OCH3 is 1. The summed E-state index contributed by atoms with van der Waals surface area (Å²) in [4.78, 5) is 6.55. The Morgan fingerprint density at radius 3 is 2.30 bits per heavy atom. The number of likely N-dealkylation sites (N-methyl/N-ethyl adjacent to an activating group) is 1. The molecule has 1 aromatic rings. The van der Waals surface area contributed by atoms with Crippen LogP contribution in [0.3, 0.4) is 0 Å². The first-order valence-electron chi connectivity index (χ1n) is 7.84. The van der Waals surface area contributed by atoms with Crippen LogP contribution in [0.15, 0.2) is 29.3 Å². The predicted molar refractivity (Wildman–Crippen MR) is 109 cm³/mol. The molecule has 0 amide bonds. The molecule has 2 N–H and O–H groups in total. The van der Waals surface area contributed by atoms with Gasteiger partial charge in [0.2, 0.25) is 0 Å². The molecule has 0 aliphatic carbocycles. The minimum Gasteiger partial charge on any atom is -0.497 e. The van der Waals surface area contributed by atoms with Crippen LogP contribution < -0.4 is 15.4 Å². The lowest BCUT2D eigenvalue weighted by atomic mass is 10.1. The summed E-state index contributed by atoms with van der Waals surface area (Å²) in [7, 11) is 5.62. The van der Waals surface area contributed by atoms with Crippen molar-refractivity contribution in [1.82, 2.24) is 15.5 Å². The van der Waals surface area contributed by atoms with E-state index in [2.05, 4.69) is 53.6 Å². The molecular formula is C17H31IN4O. The summed E-state index contributed by atoms with van der Waals surface area (Å²) in [6, 6.07) is 8.73. The lowest BCUT2D eigenvalue weighted by Crippen LogP contribution is -2.42. The van der Waals surface area contributed by atoms with Crippen molar-refractivity contribution in [1.29, 1.82) is 0 Å². The van der Waals surface area contributed by atoms with Gasteiger partial charge in [0.05, 0.1) is 7.11 Å². The molecule has 0 fully saturated rings. The minimum atomic E-state index is 0. The molecule has 0 aliphatic heterocycles. The van der Waals surface area contributed by atoms with Gasteiger partial charge in [-0.15, -0.1) is 24.0 Å². The maximum Gasteiger partial charge on any atom is 0.191 e. The van der Waals surface area contributed by atoms with Crippen LogP contribution in [0.4, 0.5) is 0 Å². The first-order chi connectivity index (χ1) is 10.6. The van der Waals surface area contributed by atoms with E-state index < -0.39 is 0 Å². The molecule has 0 heterocycles. The van der Waals surface area contributed by atoms with Gasteiger partial charge in [-0.2, -0.15) is 0 Å². The van der Waals surface area contributed by atoms with Gasteiger partial charge in [-0.1, -0.05) is 12.1 Å². The van der Waals surface area contributed by atoms with Crippen LogP contribution in [0.1, 0.15) is 19.4 Å². The fourth-order valence-electron chi connectivity index (χ4n) is 1.95. The quantitative estimate of drug-likeness (QED) is 0.375. The van der Waals surface area contributed by atoms with Crippen molar-refractivity contribution >= 4 is 29.9 Å². The van der Waals surface area contributed by atoms with Gasteiger partial charge in [-0.05, 0) is 45.0 Å². The average Bonchev–Trinajstić information content (AvgIpc) is 2.53. The number of benzene rings is 1. The molecule has 132 valence electrons. The Morgan fingerprint density at radius 1 is 1.17 bits per heavy atom. The summed E-state index contributed by atoms with van der Waals surface area (Å²) in [6.45, 7) is 7.13. The summed E-state index contributed by atoms with van der Waals surface area (Å²) in [5.74, 6) is 1.74. The lowest BCUT2D eigenvalue weighted by molar-refractivity contribution is 0.278. The third-order valence-electron chi connectivity index (χ3n) is 3.73. The number of halogens is 1. The van der Waals surface area contributed by atoms with E-state index >= 15 is 0 Å². The molecule has 1 aromatic carbocycles. The van der Waals surface area contributed by atoms with Crippen molar-refractivity contribution < 1.29 is 4.74 Å². The van der Waals surface area contributed by atoms with Crippen molar-refractivity contribution in [3.8, 4) is 5.75 Å². The van der Waals surface area contributed by atoms with Crippen molar-refractivity contribution in [2.24, 2.45) is 4.99 Å². The van der Waals surface area contributed by atoms with E-state index in [9.17, 15) is 0 Å². The molecule has 0 unspecified atom stereocenters. The Labute approximate surface area is 157 Å². The third kappa shape index (κ3) is 9.00. The molecular weight excluding hydrogens is 403 g/mol. The molecule has 0 saturated carbocycles. The van der Waals surface area contributed by atoms with E-state index in [1.165, 1.54) is 5.56 Å². The van der Waals surface area contributed by atoms with Crippen LogP contribution in [-0.2, 0) is 6.42 Å². The number of hydrogen-bond acceptors (Lipinski definition) is 3. The van der Waals surface area contributed by atoms with Gasteiger partial charge in [0.1, 0.15) is 5.75 Å². The van der Waals surface area contributed by atoms with Gasteiger partial charge in [0, 0.05) is 32.7 Å². The second-order valence-electron chi connectivity index (χ2n) is 5.60. The summed E-state index contributed by atoms with van der Waals surface area (Å²) in [6.07, 6.45) is 0.955. The maximum absolute atomic E-state index is 5.16. The molecule has 5 nitrogen and oxygen atoms in total. The first-order valence-corrected chi connectivity index (χ1v) is 7.84. The molecule has 23 heavy (non-hydrogen) atoms. The maximum atomic E-state index is 5.16. The highest BCUT2D eigenvalue weighted by Crippen LogP contribution is 2.11. The molecule has 6 heteroatoms. The zero-order valence-electron chi connectivity index (χ0n) is 14.9. The van der Waals surface area contributed by atoms with Crippen LogP contribution in [0, 0.1) is 0 Å². The summed E-state index contributed by atoms with van der Waals surface area (Å²) < 4.78 is 5.16. The van der Waals surface area contributed by atoms with E-state index in [0.29, 0.717) is 6.04 Å². The zero-order chi connectivity index (χ0) is 16.4. The highest BCUT2D eigenvalue weighted by molar-refractivity contribution is 14.0. The van der Waals surface area contributed by atoms with E-state index in [0.717, 1.165) is 37.8 Å². The van der Waals surface area contributed by atoms with Crippen molar-refractivity contribution in [2.45, 2.75) is 26.3 Å². The Balaban J connectivity index is 0.00000484. The molecule has 0 saturated heterocycles. The van der Waals surface area contributed by atoms with Gasteiger partial charge in [0.25, 0.3) is 0 Å². The largest absolute Gasteiger partial charge is 0.497 e. The number of aliphatic imine (C=N–C) groups is 1. The molecule has 0 aliphatic rings. The number of nitrogens with zero attached hydrogens (tertiary/aromatic N) is 2. The number of guanidine groups is 1. The Hall–Kier alpha value is -1.02. The second kappa shape index (κ2) is 12.4. The van der Waals surface area contributed by atoms with Gasteiger partial charge < -0.3 is 20.3 Å². The summed E-state index contributed by atoms with van der Waals surface area (Å²) in [5.41, 5.74) is 1.28. The Bertz CT molecular complexity index is 448. The topological polar surface area (TPSA) is 48.9 Å². The van der Waals surface area contributed by atoms with Gasteiger partial charge in [-0.3, -0.25) is 4.99 Å². The molecule has 0 radical (unpaired) electrons. The minimum absolute atomic E-state index is 0. The molecule has 0 atom stereocenters. The van der Waals surface area contributed by atoms with Crippen molar-refractivity contribution in [3.63, 3.8) is 0 Å². The number of nitrogens with one attached hydrogen (secondary N) is 2. The zero-order valence-corrected chi connectivity index (χ0v) is 17.3. The van der Waals surface area contributed by atoms with Crippen LogP contribution >= 0.6 is 24.0 Å². The van der Waals surface area contributed by atoms with Crippen LogP contribution in [0.2, 0.25) is 0 Å². The number of ether oxygens (including phenoxy) is 1. The standard InChI is InChI=1S/C17H30N4O.HI/c1-14(2)21(4)13-12-20-17(18-3)19-11-10-15-6-8-16(22-5)9-7-15;/h6-9,14H,10-13H2,1-5H3,(H2,18,19,20);1H. The normalized spacial score (nSPS) is 11.3. The molecule has 0 spiro atoms. The Morgan fingerprint density at radius 2 is 1.78 bits per heavy atom. The monoisotopic (exact) mass is 434 g/mol. The van der Waals surface area contributed by atoms with Crippen LogP contribution in [0.25, 0.3) is 0 Å². The summed E-state index contributed by atoms with van der Waals surface area (Å²) in [5, 5.41) is 6.68. The lowest BCUT2D eigenvalue weighted by Gasteiger charge is -2.21. The van der Waals surface area contributed by atoms with E-state index in [4.69, 9.17) is 4.74 Å². The average molecular weight is 434 g/mol. The van der Waals surface area contributed by atoms with Crippen LogP contribution in [0.5, 0.6) is 5.75 Å². The Kier molecular flexibility index (Phi) is 11.9. The van der Waals surface area contributed by atoms with Crippen LogP contribution in [-0.4, -0.2) is 57.7 Å². The second-order valence-corrected chi connectivity index (χ2v) is 5.60. The highest BCUT2D eigenvalue weighted by Gasteiger charge is 2.03. The number of rotatable bonds is 8. The molecule has 1 rings (SSSR count). The van der Waals surface area contributed by atoms with Gasteiger partial charge in [-0.25, -0.2) is 0 Å². The van der Waals surface area contributed by atoms with Crippen molar-refractivity contribution in [2.75, 3.05) is 40.8 Å². The fourth-order valence-corrected chi connectivity index (χ4v) is 1.95. The molecule has 0 bridgehead atoms. The summed E-state index contributed by atoms with van der Waals surface area (Å²) >= 11 is 0. The third-order valence-corrected chi connectivity index (χ3v) is 3.73.